The van der Waals surface area contributed by atoms with Crippen molar-refractivity contribution in [2.24, 2.45) is 0 Å². The largest absolute Gasteiger partial charge is 0.388 e. The van der Waals surface area contributed by atoms with Gasteiger partial charge in [-0.2, -0.15) is 0 Å². The molecule has 1 heterocycles. The molecule has 0 amide bonds. The van der Waals surface area contributed by atoms with Gasteiger partial charge in [0.25, 0.3) is 0 Å². The van der Waals surface area contributed by atoms with Gasteiger partial charge in [-0.3, -0.25) is 0 Å². The highest BCUT2D eigenvalue weighted by Crippen LogP contribution is 2.31. The van der Waals surface area contributed by atoms with Gasteiger partial charge in [0, 0.05) is 38.1 Å². The summed E-state index contributed by atoms with van der Waals surface area (Å²) in [6.07, 6.45) is 5.93. The third kappa shape index (κ3) is 3.13. The first-order valence-corrected chi connectivity index (χ1v) is 6.76. The quantitative estimate of drug-likeness (QED) is 0.840. The second-order valence-corrected chi connectivity index (χ2v) is 5.22. The first kappa shape index (κ1) is 13.1. The molecule has 1 fully saturated rings. The van der Waals surface area contributed by atoms with Crippen LogP contribution in [0.1, 0.15) is 32.6 Å². The van der Waals surface area contributed by atoms with Crippen LogP contribution in [0.5, 0.6) is 0 Å². The molecule has 100 valence electrons. The fraction of sp³-hybridized carbons (Fsp3) is 0.643. The van der Waals surface area contributed by atoms with E-state index in [1.165, 1.54) is 0 Å². The van der Waals surface area contributed by atoms with Crippen molar-refractivity contribution in [1.82, 2.24) is 4.98 Å². The zero-order valence-corrected chi connectivity index (χ0v) is 11.3. The van der Waals surface area contributed by atoms with Gasteiger partial charge >= 0.3 is 0 Å². The van der Waals surface area contributed by atoms with Crippen molar-refractivity contribution < 1.29 is 5.11 Å². The van der Waals surface area contributed by atoms with Crippen LogP contribution in [0, 0.1) is 0 Å². The van der Waals surface area contributed by atoms with E-state index in [9.17, 15) is 5.11 Å². The van der Waals surface area contributed by atoms with Gasteiger partial charge in [0.2, 0.25) is 0 Å². The van der Waals surface area contributed by atoms with E-state index in [-0.39, 0.29) is 0 Å². The Bertz CT molecular complexity index is 388. The van der Waals surface area contributed by atoms with Crippen molar-refractivity contribution in [2.75, 3.05) is 30.4 Å². The van der Waals surface area contributed by atoms with E-state index in [1.807, 2.05) is 25.4 Å². The molecule has 0 aliphatic heterocycles. The SMILES string of the molecule is CCNc1cc(N(C)CC2(O)CCCC2)ccn1. The van der Waals surface area contributed by atoms with Crippen molar-refractivity contribution in [3.05, 3.63) is 18.3 Å². The summed E-state index contributed by atoms with van der Waals surface area (Å²) in [5.41, 5.74) is 0.595. The number of rotatable bonds is 5. The molecule has 4 nitrogen and oxygen atoms in total. The van der Waals surface area contributed by atoms with Gasteiger partial charge in [0.1, 0.15) is 5.82 Å². The summed E-state index contributed by atoms with van der Waals surface area (Å²) in [5, 5.41) is 13.6. The molecule has 4 heteroatoms. The second-order valence-electron chi connectivity index (χ2n) is 5.22. The second kappa shape index (κ2) is 5.57. The van der Waals surface area contributed by atoms with Crippen LogP contribution in [0.15, 0.2) is 18.3 Å². The third-order valence-electron chi connectivity index (χ3n) is 3.61. The fourth-order valence-electron chi connectivity index (χ4n) is 2.66. The van der Waals surface area contributed by atoms with Crippen molar-refractivity contribution in [3.8, 4) is 0 Å². The molecule has 18 heavy (non-hydrogen) atoms. The Hall–Kier alpha value is -1.29. The van der Waals surface area contributed by atoms with E-state index in [4.69, 9.17) is 0 Å². The Morgan fingerprint density at radius 3 is 2.83 bits per heavy atom. The van der Waals surface area contributed by atoms with Gasteiger partial charge in [0.05, 0.1) is 5.60 Å². The first-order chi connectivity index (χ1) is 8.63. The number of anilines is 2. The van der Waals surface area contributed by atoms with E-state index in [1.54, 1.807) is 0 Å². The van der Waals surface area contributed by atoms with Crippen molar-refractivity contribution in [3.63, 3.8) is 0 Å². The monoisotopic (exact) mass is 249 g/mol. The molecule has 1 saturated carbocycles. The van der Waals surface area contributed by atoms with Gasteiger partial charge < -0.3 is 15.3 Å². The fourth-order valence-corrected chi connectivity index (χ4v) is 2.66. The van der Waals surface area contributed by atoms with Crippen LogP contribution in [-0.2, 0) is 0 Å². The molecule has 0 atom stereocenters. The normalized spacial score (nSPS) is 17.7. The summed E-state index contributed by atoms with van der Waals surface area (Å²) < 4.78 is 0. The molecule has 0 aromatic carbocycles. The Kier molecular flexibility index (Phi) is 4.07. The van der Waals surface area contributed by atoms with E-state index in [2.05, 4.69) is 22.1 Å². The number of pyridine rings is 1. The van der Waals surface area contributed by atoms with Gasteiger partial charge in [0.15, 0.2) is 0 Å². The average Bonchev–Trinajstić information content (AvgIpc) is 2.76. The Balaban J connectivity index is 2.03. The predicted molar refractivity (Wildman–Crippen MR) is 75.1 cm³/mol. The highest BCUT2D eigenvalue weighted by Gasteiger charge is 2.32. The van der Waals surface area contributed by atoms with Gasteiger partial charge in [-0.05, 0) is 25.8 Å². The molecule has 0 unspecified atom stereocenters. The maximum absolute atomic E-state index is 10.4. The number of likely N-dealkylation sites (N-methyl/N-ethyl adjacent to an activating group) is 1. The Morgan fingerprint density at radius 1 is 1.44 bits per heavy atom. The summed E-state index contributed by atoms with van der Waals surface area (Å²) in [4.78, 5) is 6.38. The summed E-state index contributed by atoms with van der Waals surface area (Å²) in [6.45, 7) is 3.62. The Labute approximate surface area is 109 Å². The molecule has 1 aromatic heterocycles. The van der Waals surface area contributed by atoms with Crippen LogP contribution in [0.4, 0.5) is 11.5 Å². The van der Waals surface area contributed by atoms with Gasteiger partial charge in [-0.25, -0.2) is 4.98 Å². The lowest BCUT2D eigenvalue weighted by Crippen LogP contribution is -2.39. The van der Waals surface area contributed by atoms with E-state index < -0.39 is 5.60 Å². The van der Waals surface area contributed by atoms with Crippen LogP contribution < -0.4 is 10.2 Å². The third-order valence-corrected chi connectivity index (χ3v) is 3.61. The summed E-state index contributed by atoms with van der Waals surface area (Å²) in [5.74, 6) is 0.889. The Morgan fingerprint density at radius 2 is 2.17 bits per heavy atom. The van der Waals surface area contributed by atoms with Crippen LogP contribution >= 0.6 is 0 Å². The molecular formula is C14H23N3O. The maximum atomic E-state index is 10.4. The molecule has 0 bridgehead atoms. The summed E-state index contributed by atoms with van der Waals surface area (Å²) in [6, 6.07) is 4.01. The standard InChI is InChI=1S/C14H23N3O/c1-3-15-13-10-12(6-9-16-13)17(2)11-14(18)7-4-5-8-14/h6,9-10,18H,3-5,7-8,11H2,1-2H3,(H,15,16). The maximum Gasteiger partial charge on any atom is 0.127 e. The van der Waals surface area contributed by atoms with Gasteiger partial charge in [-0.15, -0.1) is 0 Å². The average molecular weight is 249 g/mol. The molecule has 2 rings (SSSR count). The molecule has 1 aliphatic rings. The number of nitrogens with zero attached hydrogens (tertiary/aromatic N) is 2. The van der Waals surface area contributed by atoms with Crippen LogP contribution in [0.25, 0.3) is 0 Å². The molecule has 2 N–H and O–H groups in total. The van der Waals surface area contributed by atoms with E-state index in [0.29, 0.717) is 6.54 Å². The minimum atomic E-state index is -0.504. The number of hydrogen-bond donors (Lipinski definition) is 2. The number of hydrogen-bond acceptors (Lipinski definition) is 4. The van der Waals surface area contributed by atoms with Crippen molar-refractivity contribution in [2.45, 2.75) is 38.2 Å². The molecule has 1 aliphatic carbocycles. The lowest BCUT2D eigenvalue weighted by Gasteiger charge is -2.30. The smallest absolute Gasteiger partial charge is 0.127 e. The lowest BCUT2D eigenvalue weighted by molar-refractivity contribution is 0.0559. The summed E-state index contributed by atoms with van der Waals surface area (Å²) >= 11 is 0. The van der Waals surface area contributed by atoms with Crippen molar-refractivity contribution in [1.29, 1.82) is 0 Å². The first-order valence-electron chi connectivity index (χ1n) is 6.76. The van der Waals surface area contributed by atoms with Gasteiger partial charge in [-0.1, -0.05) is 12.8 Å². The van der Waals surface area contributed by atoms with Crippen LogP contribution in [0.3, 0.4) is 0 Å². The summed E-state index contributed by atoms with van der Waals surface area (Å²) in [7, 11) is 2.03. The van der Waals surface area contributed by atoms with Crippen LogP contribution in [-0.4, -0.2) is 35.8 Å². The number of aliphatic hydroxyl groups is 1. The molecule has 0 saturated heterocycles. The van der Waals surface area contributed by atoms with Crippen molar-refractivity contribution >= 4 is 11.5 Å². The van der Waals surface area contributed by atoms with Crippen LogP contribution in [0.2, 0.25) is 0 Å². The highest BCUT2D eigenvalue weighted by atomic mass is 16.3. The molecule has 1 aromatic rings. The minimum Gasteiger partial charge on any atom is -0.388 e. The topological polar surface area (TPSA) is 48.4 Å². The highest BCUT2D eigenvalue weighted by molar-refractivity contribution is 5.53. The molecule has 0 radical (unpaired) electrons. The van der Waals surface area contributed by atoms with E-state index in [0.717, 1.165) is 43.7 Å². The zero-order valence-electron chi connectivity index (χ0n) is 11.3. The zero-order chi connectivity index (χ0) is 13.0. The minimum absolute atomic E-state index is 0.504. The number of aromatic nitrogens is 1. The lowest BCUT2D eigenvalue weighted by atomic mass is 10.0. The van der Waals surface area contributed by atoms with E-state index >= 15 is 0 Å². The molecular weight excluding hydrogens is 226 g/mol. The molecule has 0 spiro atoms. The predicted octanol–water partition coefficient (Wildman–Crippen LogP) is 2.25. The number of nitrogens with one attached hydrogen (secondary N) is 1.